The third-order valence-electron chi connectivity index (χ3n) is 1.95. The van der Waals surface area contributed by atoms with Crippen molar-refractivity contribution in [1.29, 1.82) is 0 Å². The molecule has 0 unspecified atom stereocenters. The molecule has 0 fully saturated rings. The van der Waals surface area contributed by atoms with Crippen molar-refractivity contribution in [2.75, 3.05) is 5.33 Å². The summed E-state index contributed by atoms with van der Waals surface area (Å²) >= 11 is 4.61. The van der Waals surface area contributed by atoms with Crippen molar-refractivity contribution in [3.05, 3.63) is 21.7 Å². The molecular formula is C10H12BrNOS. The number of Topliss-reactive ketones (excluding diaryl/α,β-unsaturated/α-hetero) is 1. The van der Waals surface area contributed by atoms with Crippen LogP contribution in [-0.2, 0) is 0 Å². The van der Waals surface area contributed by atoms with Gasteiger partial charge in [-0.15, -0.1) is 11.3 Å². The molecule has 2 nitrogen and oxygen atoms in total. The van der Waals surface area contributed by atoms with Gasteiger partial charge in [-0.1, -0.05) is 22.0 Å². The Morgan fingerprint density at radius 1 is 1.64 bits per heavy atom. The number of carbonyl (C=O) groups excluding carboxylic acids is 1. The number of hydrogen-bond acceptors (Lipinski definition) is 3. The lowest BCUT2D eigenvalue weighted by atomic mass is 10.2. The molecule has 1 rings (SSSR count). The molecule has 0 radical (unpaired) electrons. The Kier molecular flexibility index (Phi) is 4.01. The minimum absolute atomic E-state index is 0.0493. The Morgan fingerprint density at radius 2 is 2.29 bits per heavy atom. The van der Waals surface area contributed by atoms with Gasteiger partial charge in [0.1, 0.15) is 0 Å². The largest absolute Gasteiger partial charge is 0.291 e. The summed E-state index contributed by atoms with van der Waals surface area (Å²) in [5, 5.41) is 0.935. The number of aryl methyl sites for hydroxylation is 1. The highest BCUT2D eigenvalue weighted by Gasteiger charge is 2.13. The van der Waals surface area contributed by atoms with Gasteiger partial charge in [-0.2, -0.15) is 0 Å². The molecule has 0 aliphatic heterocycles. The van der Waals surface area contributed by atoms with Crippen LogP contribution in [0.15, 0.2) is 6.08 Å². The fourth-order valence-electron chi connectivity index (χ4n) is 1.07. The SMILES string of the molecule is C/C=C(/C)c1sc(C(=O)CBr)nc1C. The van der Waals surface area contributed by atoms with Crippen LogP contribution in [0.4, 0.5) is 0 Å². The number of halogens is 1. The molecule has 0 bridgehead atoms. The van der Waals surface area contributed by atoms with E-state index in [1.54, 1.807) is 0 Å². The third kappa shape index (κ3) is 2.30. The van der Waals surface area contributed by atoms with E-state index in [1.807, 2.05) is 26.8 Å². The number of rotatable bonds is 3. The predicted octanol–water partition coefficient (Wildman–Crippen LogP) is 3.45. The van der Waals surface area contributed by atoms with Gasteiger partial charge in [0.15, 0.2) is 5.01 Å². The van der Waals surface area contributed by atoms with E-state index in [2.05, 4.69) is 20.9 Å². The Hall–Kier alpha value is -0.480. The molecule has 0 spiro atoms. The number of aromatic nitrogens is 1. The summed E-state index contributed by atoms with van der Waals surface area (Å²) in [6, 6.07) is 0. The summed E-state index contributed by atoms with van der Waals surface area (Å²) < 4.78 is 0. The highest BCUT2D eigenvalue weighted by molar-refractivity contribution is 9.09. The maximum atomic E-state index is 11.4. The van der Waals surface area contributed by atoms with Gasteiger partial charge in [-0.25, -0.2) is 4.98 Å². The molecule has 14 heavy (non-hydrogen) atoms. The quantitative estimate of drug-likeness (QED) is 0.624. The molecule has 76 valence electrons. The zero-order valence-corrected chi connectivity index (χ0v) is 10.8. The standard InChI is InChI=1S/C10H12BrNOS/c1-4-6(2)9-7(3)12-10(14-9)8(13)5-11/h4H,5H2,1-3H3/b6-4-. The molecular weight excluding hydrogens is 262 g/mol. The molecule has 0 aliphatic carbocycles. The van der Waals surface area contributed by atoms with Crippen LogP contribution in [0.3, 0.4) is 0 Å². The zero-order valence-electron chi connectivity index (χ0n) is 8.43. The Morgan fingerprint density at radius 3 is 2.79 bits per heavy atom. The summed E-state index contributed by atoms with van der Waals surface area (Å²) in [5.74, 6) is 0.0493. The normalized spacial score (nSPS) is 11.9. The molecule has 0 amide bonds. The highest BCUT2D eigenvalue weighted by atomic mass is 79.9. The second-order valence-corrected chi connectivity index (χ2v) is 4.52. The fourth-order valence-corrected chi connectivity index (χ4v) is 2.56. The molecule has 0 saturated heterocycles. The maximum Gasteiger partial charge on any atom is 0.201 e. The summed E-state index contributed by atoms with van der Waals surface area (Å²) in [6.45, 7) is 5.95. The number of hydrogen-bond donors (Lipinski definition) is 0. The van der Waals surface area contributed by atoms with Crippen molar-refractivity contribution in [1.82, 2.24) is 4.98 Å². The second-order valence-electron chi connectivity index (χ2n) is 2.96. The topological polar surface area (TPSA) is 30.0 Å². The van der Waals surface area contributed by atoms with Crippen LogP contribution in [0.25, 0.3) is 5.57 Å². The lowest BCUT2D eigenvalue weighted by Gasteiger charge is -1.94. The van der Waals surface area contributed by atoms with Crippen molar-refractivity contribution in [3.63, 3.8) is 0 Å². The van der Waals surface area contributed by atoms with Crippen LogP contribution in [0.2, 0.25) is 0 Å². The lowest BCUT2D eigenvalue weighted by Crippen LogP contribution is -1.98. The lowest BCUT2D eigenvalue weighted by molar-refractivity contribution is 0.102. The second kappa shape index (κ2) is 4.84. The van der Waals surface area contributed by atoms with Crippen molar-refractivity contribution in [2.24, 2.45) is 0 Å². The van der Waals surface area contributed by atoms with E-state index in [0.29, 0.717) is 10.3 Å². The highest BCUT2D eigenvalue weighted by Crippen LogP contribution is 2.26. The predicted molar refractivity (Wildman–Crippen MR) is 64.3 cm³/mol. The van der Waals surface area contributed by atoms with Gasteiger partial charge in [-0.05, 0) is 26.3 Å². The van der Waals surface area contributed by atoms with Crippen molar-refractivity contribution < 1.29 is 4.79 Å². The number of carbonyl (C=O) groups is 1. The number of alkyl halides is 1. The Balaban J connectivity index is 3.11. The van der Waals surface area contributed by atoms with Gasteiger partial charge in [0.2, 0.25) is 5.78 Å². The monoisotopic (exact) mass is 273 g/mol. The van der Waals surface area contributed by atoms with Gasteiger partial charge in [0.05, 0.1) is 15.9 Å². The molecule has 4 heteroatoms. The van der Waals surface area contributed by atoms with Gasteiger partial charge in [0.25, 0.3) is 0 Å². The van der Waals surface area contributed by atoms with Crippen LogP contribution >= 0.6 is 27.3 Å². The molecule has 0 aromatic carbocycles. The van der Waals surface area contributed by atoms with Crippen molar-refractivity contribution >= 4 is 38.6 Å². The molecule has 0 aliphatic rings. The molecule has 0 N–H and O–H groups in total. The van der Waals surface area contributed by atoms with Crippen LogP contribution in [0, 0.1) is 6.92 Å². The first-order chi connectivity index (χ1) is 6.60. The zero-order chi connectivity index (χ0) is 10.7. The van der Waals surface area contributed by atoms with E-state index >= 15 is 0 Å². The van der Waals surface area contributed by atoms with Gasteiger partial charge < -0.3 is 0 Å². The van der Waals surface area contributed by atoms with Crippen molar-refractivity contribution in [2.45, 2.75) is 20.8 Å². The van der Waals surface area contributed by atoms with Crippen LogP contribution in [0.5, 0.6) is 0 Å². The number of nitrogens with zero attached hydrogens (tertiary/aromatic N) is 1. The summed E-state index contributed by atoms with van der Waals surface area (Å²) in [4.78, 5) is 16.7. The Bertz CT molecular complexity index is 381. The van der Waals surface area contributed by atoms with Crippen LogP contribution < -0.4 is 0 Å². The first kappa shape index (κ1) is 11.6. The maximum absolute atomic E-state index is 11.4. The van der Waals surface area contributed by atoms with Gasteiger partial charge in [-0.3, -0.25) is 4.79 Å². The summed E-state index contributed by atoms with van der Waals surface area (Å²) in [7, 11) is 0. The minimum atomic E-state index is 0.0493. The van der Waals surface area contributed by atoms with Crippen LogP contribution in [-0.4, -0.2) is 16.1 Å². The molecule has 1 heterocycles. The average molecular weight is 274 g/mol. The van der Waals surface area contributed by atoms with Crippen LogP contribution in [0.1, 0.15) is 34.2 Å². The van der Waals surface area contributed by atoms with E-state index in [4.69, 9.17) is 0 Å². The molecule has 1 aromatic heterocycles. The third-order valence-corrected chi connectivity index (χ3v) is 3.79. The number of thiazole rings is 1. The molecule has 1 aromatic rings. The first-order valence-electron chi connectivity index (χ1n) is 4.30. The average Bonchev–Trinajstić information content (AvgIpc) is 2.58. The molecule has 0 saturated carbocycles. The van der Waals surface area contributed by atoms with E-state index in [1.165, 1.54) is 16.9 Å². The van der Waals surface area contributed by atoms with E-state index in [-0.39, 0.29) is 5.78 Å². The van der Waals surface area contributed by atoms with E-state index < -0.39 is 0 Å². The molecule has 0 atom stereocenters. The fraction of sp³-hybridized carbons (Fsp3) is 0.400. The van der Waals surface area contributed by atoms with E-state index in [9.17, 15) is 4.79 Å². The smallest absolute Gasteiger partial charge is 0.201 e. The van der Waals surface area contributed by atoms with Crippen molar-refractivity contribution in [3.8, 4) is 0 Å². The number of ketones is 1. The van der Waals surface area contributed by atoms with E-state index in [0.717, 1.165) is 10.6 Å². The minimum Gasteiger partial charge on any atom is -0.291 e. The first-order valence-corrected chi connectivity index (χ1v) is 6.23. The summed E-state index contributed by atoms with van der Waals surface area (Å²) in [5.41, 5.74) is 2.11. The van der Waals surface area contributed by atoms with Gasteiger partial charge >= 0.3 is 0 Å². The number of allylic oxidation sites excluding steroid dienone is 2. The summed E-state index contributed by atoms with van der Waals surface area (Å²) in [6.07, 6.45) is 2.03. The van der Waals surface area contributed by atoms with Gasteiger partial charge in [0, 0.05) is 0 Å². The Labute approximate surface area is 96.2 Å².